The molecule has 0 saturated carbocycles. The zero-order valence-electron chi connectivity index (χ0n) is 28.9. The lowest BCUT2D eigenvalue weighted by Crippen LogP contribution is -2.00. The van der Waals surface area contributed by atoms with Crippen LogP contribution in [0.2, 0.25) is 0 Å². The number of nitrogens with zero attached hydrogens (tertiary/aromatic N) is 3. The van der Waals surface area contributed by atoms with Crippen LogP contribution in [0.25, 0.3) is 106 Å². The molecular weight excluding hydrogens is 651 g/mol. The number of aromatic nitrogens is 3. The van der Waals surface area contributed by atoms with Gasteiger partial charge in [0.1, 0.15) is 22.5 Å². The number of furan rings is 2. The summed E-state index contributed by atoms with van der Waals surface area (Å²) >= 11 is 0. The SMILES string of the molecule is CC1C=Cc2c(oc3cc(-c4nc(-c5ccccc5)nc(-c5cccc6oc7cccc(-c8ccc9ccc%10ccccc%10c9c8)c7c56)n4)ccc23)C1. The number of fused-ring (bicyclic) bond motifs is 9. The quantitative estimate of drug-likeness (QED) is 0.173. The molecule has 11 rings (SSSR count). The molecule has 1 aliphatic rings. The Morgan fingerprint density at radius 1 is 0.491 bits per heavy atom. The summed E-state index contributed by atoms with van der Waals surface area (Å²) in [6, 6.07) is 48.5. The minimum Gasteiger partial charge on any atom is -0.460 e. The van der Waals surface area contributed by atoms with Gasteiger partial charge in [0, 0.05) is 44.8 Å². The Morgan fingerprint density at radius 2 is 1.17 bits per heavy atom. The Hall–Kier alpha value is -6.85. The molecule has 1 aliphatic carbocycles. The minimum absolute atomic E-state index is 0.449. The van der Waals surface area contributed by atoms with E-state index in [4.69, 9.17) is 23.8 Å². The van der Waals surface area contributed by atoms with Crippen LogP contribution in [0.15, 0.2) is 154 Å². The molecule has 5 nitrogen and oxygen atoms in total. The molecular formula is C48H31N3O2. The average molecular weight is 682 g/mol. The second kappa shape index (κ2) is 11.6. The van der Waals surface area contributed by atoms with E-state index >= 15 is 0 Å². The molecule has 3 aromatic heterocycles. The van der Waals surface area contributed by atoms with Crippen molar-refractivity contribution in [2.45, 2.75) is 13.3 Å². The van der Waals surface area contributed by atoms with Gasteiger partial charge >= 0.3 is 0 Å². The fraction of sp³-hybridized carbons (Fsp3) is 0.0625. The number of hydrogen-bond donors (Lipinski definition) is 0. The van der Waals surface area contributed by atoms with Crippen molar-refractivity contribution in [2.24, 2.45) is 5.92 Å². The van der Waals surface area contributed by atoms with E-state index in [9.17, 15) is 0 Å². The maximum atomic E-state index is 6.57. The Morgan fingerprint density at radius 3 is 2.02 bits per heavy atom. The molecule has 1 unspecified atom stereocenters. The first kappa shape index (κ1) is 29.8. The lowest BCUT2D eigenvalue weighted by Gasteiger charge is -2.11. The molecule has 0 bridgehead atoms. The first-order valence-electron chi connectivity index (χ1n) is 18.1. The second-order valence-corrected chi connectivity index (χ2v) is 14.0. The lowest BCUT2D eigenvalue weighted by atomic mass is 9.94. The van der Waals surface area contributed by atoms with Crippen LogP contribution < -0.4 is 0 Å². The van der Waals surface area contributed by atoms with Gasteiger partial charge in [-0.2, -0.15) is 0 Å². The van der Waals surface area contributed by atoms with E-state index in [2.05, 4.69) is 110 Å². The molecule has 250 valence electrons. The second-order valence-electron chi connectivity index (χ2n) is 14.0. The highest BCUT2D eigenvalue weighted by Crippen LogP contribution is 2.43. The fourth-order valence-corrected chi connectivity index (χ4v) is 8.07. The molecule has 53 heavy (non-hydrogen) atoms. The number of rotatable bonds is 4. The van der Waals surface area contributed by atoms with Crippen molar-refractivity contribution < 1.29 is 8.83 Å². The lowest BCUT2D eigenvalue weighted by molar-refractivity contribution is 0.513. The van der Waals surface area contributed by atoms with E-state index in [1.54, 1.807) is 0 Å². The molecule has 10 aromatic rings. The summed E-state index contributed by atoms with van der Waals surface area (Å²) in [6.45, 7) is 2.21. The molecule has 1 atom stereocenters. The van der Waals surface area contributed by atoms with Gasteiger partial charge in [-0.1, -0.05) is 128 Å². The van der Waals surface area contributed by atoms with Crippen molar-refractivity contribution in [3.05, 3.63) is 157 Å². The topological polar surface area (TPSA) is 65.0 Å². The van der Waals surface area contributed by atoms with Crippen molar-refractivity contribution >= 4 is 60.5 Å². The Labute approximate surface area is 304 Å². The standard InChI is InChI=1S/C48H31N3O2/c1-28-17-23-36-37-24-22-33(27-43(37)53-42(36)25-28)47-49-46(31-10-3-2-4-11-31)50-48(51-47)38-14-8-16-41-45(38)44-35(13-7-15-40(44)52-41)32-21-20-30-19-18-29-9-5-6-12-34(29)39(30)26-32/h2-24,26-28H,25H2,1H3. The van der Waals surface area contributed by atoms with Gasteiger partial charge in [0.05, 0.1) is 0 Å². The molecule has 7 aromatic carbocycles. The largest absolute Gasteiger partial charge is 0.460 e. The highest BCUT2D eigenvalue weighted by Gasteiger charge is 2.22. The smallest absolute Gasteiger partial charge is 0.164 e. The van der Waals surface area contributed by atoms with Gasteiger partial charge in [-0.15, -0.1) is 0 Å². The summed E-state index contributed by atoms with van der Waals surface area (Å²) < 4.78 is 13.0. The van der Waals surface area contributed by atoms with Gasteiger partial charge < -0.3 is 8.83 Å². The summed E-state index contributed by atoms with van der Waals surface area (Å²) in [7, 11) is 0. The Balaban J connectivity index is 1.13. The third kappa shape index (κ3) is 4.81. The highest BCUT2D eigenvalue weighted by atomic mass is 16.3. The molecule has 0 fully saturated rings. The molecule has 3 heterocycles. The van der Waals surface area contributed by atoms with Crippen LogP contribution in [0.5, 0.6) is 0 Å². The van der Waals surface area contributed by atoms with Crippen LogP contribution in [-0.4, -0.2) is 15.0 Å². The zero-order chi connectivity index (χ0) is 35.0. The van der Waals surface area contributed by atoms with E-state index in [1.807, 2.05) is 48.5 Å². The zero-order valence-corrected chi connectivity index (χ0v) is 28.9. The van der Waals surface area contributed by atoms with Gasteiger partial charge in [0.25, 0.3) is 0 Å². The predicted octanol–water partition coefficient (Wildman–Crippen LogP) is 12.7. The third-order valence-electron chi connectivity index (χ3n) is 10.7. The van der Waals surface area contributed by atoms with Crippen molar-refractivity contribution in [2.75, 3.05) is 0 Å². The van der Waals surface area contributed by atoms with Crippen molar-refractivity contribution in [1.82, 2.24) is 15.0 Å². The van der Waals surface area contributed by atoms with Crippen LogP contribution in [0.1, 0.15) is 18.2 Å². The van der Waals surface area contributed by atoms with Gasteiger partial charge in [-0.25, -0.2) is 15.0 Å². The Bertz CT molecular complexity index is 3120. The van der Waals surface area contributed by atoms with E-state index in [1.165, 1.54) is 27.1 Å². The van der Waals surface area contributed by atoms with Crippen LogP contribution in [0.4, 0.5) is 0 Å². The molecule has 5 heteroatoms. The minimum atomic E-state index is 0.449. The monoisotopic (exact) mass is 681 g/mol. The molecule has 0 N–H and O–H groups in total. The van der Waals surface area contributed by atoms with Gasteiger partial charge in [0.2, 0.25) is 0 Å². The third-order valence-corrected chi connectivity index (χ3v) is 10.7. The van der Waals surface area contributed by atoms with Crippen molar-refractivity contribution in [3.63, 3.8) is 0 Å². The van der Waals surface area contributed by atoms with E-state index < -0.39 is 0 Å². The maximum Gasteiger partial charge on any atom is 0.164 e. The van der Waals surface area contributed by atoms with Gasteiger partial charge in [-0.3, -0.25) is 0 Å². The summed E-state index contributed by atoms with van der Waals surface area (Å²) in [4.78, 5) is 15.4. The van der Waals surface area contributed by atoms with Gasteiger partial charge in [-0.05, 0) is 68.9 Å². The Kier molecular flexibility index (Phi) is 6.52. The average Bonchev–Trinajstić information content (AvgIpc) is 3.78. The summed E-state index contributed by atoms with van der Waals surface area (Å²) in [5.41, 5.74) is 8.49. The van der Waals surface area contributed by atoms with Crippen molar-refractivity contribution in [1.29, 1.82) is 0 Å². The van der Waals surface area contributed by atoms with Gasteiger partial charge in [0.15, 0.2) is 17.5 Å². The van der Waals surface area contributed by atoms with Crippen LogP contribution in [0.3, 0.4) is 0 Å². The summed E-state index contributed by atoms with van der Waals surface area (Å²) in [5.74, 6) is 3.25. The molecule has 0 saturated heterocycles. The molecule has 0 spiro atoms. The first-order chi connectivity index (χ1) is 26.1. The van der Waals surface area contributed by atoms with Crippen molar-refractivity contribution in [3.8, 4) is 45.3 Å². The van der Waals surface area contributed by atoms with E-state index in [0.29, 0.717) is 23.4 Å². The number of benzene rings is 7. The molecule has 0 radical (unpaired) electrons. The number of hydrogen-bond acceptors (Lipinski definition) is 5. The van der Waals surface area contributed by atoms with E-state index in [0.717, 1.165) is 72.9 Å². The molecule has 0 amide bonds. The van der Waals surface area contributed by atoms with Crippen LogP contribution in [0, 0.1) is 5.92 Å². The fourth-order valence-electron chi connectivity index (χ4n) is 8.07. The maximum absolute atomic E-state index is 6.57. The summed E-state index contributed by atoms with van der Waals surface area (Å²) in [5, 5.41) is 8.01. The normalized spacial score (nSPS) is 14.2. The van der Waals surface area contributed by atoms with E-state index in [-0.39, 0.29) is 0 Å². The molecule has 0 aliphatic heterocycles. The van der Waals surface area contributed by atoms with Crippen LogP contribution in [-0.2, 0) is 6.42 Å². The first-order valence-corrected chi connectivity index (χ1v) is 18.1. The number of allylic oxidation sites excluding steroid dienone is 1. The van der Waals surface area contributed by atoms with Crippen LogP contribution >= 0.6 is 0 Å². The highest BCUT2D eigenvalue weighted by molar-refractivity contribution is 6.18. The predicted molar refractivity (Wildman–Crippen MR) is 216 cm³/mol. The summed E-state index contributed by atoms with van der Waals surface area (Å²) in [6.07, 6.45) is 5.33.